The molecule has 6 unspecified atom stereocenters. The van der Waals surface area contributed by atoms with Crippen LogP contribution in [0.3, 0.4) is 0 Å². The Morgan fingerprint density at radius 2 is 0.435 bits per heavy atom. The van der Waals surface area contributed by atoms with Crippen LogP contribution in [0.25, 0.3) is 0 Å². The van der Waals surface area contributed by atoms with Crippen LogP contribution in [-0.4, -0.2) is 364 Å². The average Bonchev–Trinajstić information content (AvgIpc) is 1.64. The first-order chi connectivity index (χ1) is 61.1. The van der Waals surface area contributed by atoms with Crippen molar-refractivity contribution in [1.82, 2.24) is 37.2 Å². The molecule has 0 heterocycles. The second-order valence-electron chi connectivity index (χ2n) is 30.5. The fourth-order valence-electron chi connectivity index (χ4n) is 14.4. The monoisotopic (exact) mass is 1770 g/mol. The molecule has 6 aliphatic rings. The quantitative estimate of drug-likeness (QED) is 0.0246. The molecule has 0 saturated heterocycles. The highest BCUT2D eigenvalue weighted by Gasteiger charge is 2.51. The van der Waals surface area contributed by atoms with E-state index in [0.29, 0.717) is 192 Å². The van der Waals surface area contributed by atoms with Crippen molar-refractivity contribution in [2.75, 3.05) is 317 Å². The molecule has 3 saturated carbocycles. The number of hydrogen-bond acceptors (Lipinski definition) is 30. The van der Waals surface area contributed by atoms with E-state index in [9.17, 15) is 33.6 Å². The molecule has 9 N–H and O–H groups in total. The predicted molar refractivity (Wildman–Crippen MR) is 451 cm³/mol. The number of rotatable bonds is 81. The van der Waals surface area contributed by atoms with Crippen LogP contribution >= 0.6 is 0 Å². The molecular weight excluding hydrogens is 1620 g/mol. The summed E-state index contributed by atoms with van der Waals surface area (Å²) in [4.78, 5) is 89.9. The Hall–Kier alpha value is -6.43. The molecule has 37 nitrogen and oxygen atoms in total. The Balaban J connectivity index is 0.859. The zero-order valence-electron chi connectivity index (χ0n) is 73.4. The molecule has 0 aromatic carbocycles. The summed E-state index contributed by atoms with van der Waals surface area (Å²) in [5, 5.41) is 19.6. The van der Waals surface area contributed by atoms with Crippen molar-refractivity contribution in [1.29, 1.82) is 0 Å². The fraction of sp³-hybridized carbons (Fsp3) is 0.851. The Morgan fingerprint density at radius 3 is 0.669 bits per heavy atom. The first-order valence-electron chi connectivity index (χ1n) is 44.9. The van der Waals surface area contributed by atoms with Gasteiger partial charge in [-0.2, -0.15) is 0 Å². The molecule has 3 fully saturated rings. The normalized spacial score (nSPS) is 20.0. The number of ether oxygens (including phenoxy) is 22. The Morgan fingerprint density at radius 1 is 0.242 bits per heavy atom. The van der Waals surface area contributed by atoms with Crippen molar-refractivity contribution in [2.24, 2.45) is 59.0 Å². The maximum Gasteiger partial charge on any atom is 0.407 e. The van der Waals surface area contributed by atoms with Crippen LogP contribution in [0.1, 0.15) is 103 Å². The van der Waals surface area contributed by atoms with Crippen molar-refractivity contribution < 1.29 is 138 Å². The van der Waals surface area contributed by atoms with Gasteiger partial charge in [0.25, 0.3) is 0 Å². The SMILES string of the molecule is NCCOCCOCCOCCOCCOCCOCCOCCOCCOCCOCCC(=O)NC(COCCC(=O)NCCOCCOCCNC(=O)OCC1C2CCC#CCCC21)(COCCC(=O)NCCOCCOCCNC(=O)OCC1C2CCC#CCCC21)COCCC(=O)NCCOCCOCCNC(=O)OCC1C2CCC#CCCC21. The predicted octanol–water partition coefficient (Wildman–Crippen LogP) is 2.52. The smallest absolute Gasteiger partial charge is 0.407 e. The van der Waals surface area contributed by atoms with E-state index in [-0.39, 0.29) is 221 Å². The molecule has 708 valence electrons. The highest BCUT2D eigenvalue weighted by molar-refractivity contribution is 5.78. The van der Waals surface area contributed by atoms with E-state index in [1.165, 1.54) is 0 Å². The number of fused-ring (bicyclic) bond motifs is 3. The minimum Gasteiger partial charge on any atom is -0.449 e. The molecular formula is C87H146N8O29. The second kappa shape index (κ2) is 72.5. The van der Waals surface area contributed by atoms with E-state index in [1.807, 2.05) is 0 Å². The van der Waals surface area contributed by atoms with Gasteiger partial charge in [0.05, 0.1) is 271 Å². The minimum atomic E-state index is -1.40. The molecule has 0 aliphatic heterocycles. The second-order valence-corrected chi connectivity index (χ2v) is 30.5. The number of alkyl carbamates (subject to hydrolysis) is 3. The Kier molecular flexibility index (Phi) is 62.2. The first kappa shape index (κ1) is 106. The van der Waals surface area contributed by atoms with Crippen LogP contribution in [0.15, 0.2) is 0 Å². The summed E-state index contributed by atoms with van der Waals surface area (Å²) in [6.07, 6.45) is 10.1. The van der Waals surface area contributed by atoms with E-state index in [1.54, 1.807) is 0 Å². The Bertz CT molecular complexity index is 2730. The van der Waals surface area contributed by atoms with Gasteiger partial charge >= 0.3 is 18.3 Å². The van der Waals surface area contributed by atoms with Crippen LogP contribution in [0.4, 0.5) is 14.4 Å². The zero-order chi connectivity index (χ0) is 87.7. The standard InChI is InChI=1S/C87H146N8O29/c88-23-34-104-42-50-112-52-54-114-56-58-116-60-62-118-64-63-117-61-59-115-57-55-113-53-51-111-49-41-103-30-22-83(99)95-87(68-119-31-19-80(96)89-24-35-105-43-46-108-38-27-92-84(100)122-65-77-71-13-7-1-2-8-14-72(71)77,69-120-32-20-81(97)90-25-36-106-44-47-109-39-28-93-85(101)123-66-78-73-15-9-3-4-10-16-74(73)78)70-121-33-21-82(98)91-26-37-107-45-48-110-40-29-94-86(102)124-67-79-75-17-11-5-6-12-18-76(75)79/h71-79H,7-70,88H2,(H,89,96)(H,90,97)(H,91,98)(H,92,100)(H,93,101)(H,94,102)(H,95,99). The van der Waals surface area contributed by atoms with Crippen molar-refractivity contribution in [2.45, 2.75) is 108 Å². The fourth-order valence-corrected chi connectivity index (χ4v) is 14.4. The van der Waals surface area contributed by atoms with Crippen LogP contribution in [0, 0.1) is 88.8 Å². The summed E-state index contributed by atoms with van der Waals surface area (Å²) < 4.78 is 124. The summed E-state index contributed by atoms with van der Waals surface area (Å²) in [7, 11) is 0. The zero-order valence-corrected chi connectivity index (χ0v) is 73.4. The number of nitrogens with one attached hydrogen (secondary N) is 7. The third kappa shape index (κ3) is 54.7. The average molecular weight is 1770 g/mol. The van der Waals surface area contributed by atoms with Crippen LogP contribution in [-0.2, 0) is 123 Å². The van der Waals surface area contributed by atoms with E-state index >= 15 is 0 Å². The lowest BCUT2D eigenvalue weighted by molar-refractivity contribution is -0.131. The number of carbonyl (C=O) groups is 7. The van der Waals surface area contributed by atoms with Crippen LogP contribution in [0.2, 0.25) is 0 Å². The van der Waals surface area contributed by atoms with Gasteiger partial charge in [-0.15, -0.1) is 35.5 Å². The van der Waals surface area contributed by atoms with Gasteiger partial charge in [0.15, 0.2) is 0 Å². The van der Waals surface area contributed by atoms with Gasteiger partial charge in [-0.1, -0.05) is 0 Å². The lowest BCUT2D eigenvalue weighted by atomic mass is 10.0. The first-order valence-corrected chi connectivity index (χ1v) is 44.9. The number of carbonyl (C=O) groups excluding carboxylic acids is 7. The molecule has 7 amide bonds. The van der Waals surface area contributed by atoms with E-state index < -0.39 is 29.7 Å². The van der Waals surface area contributed by atoms with Crippen LogP contribution in [0.5, 0.6) is 0 Å². The lowest BCUT2D eigenvalue weighted by Crippen LogP contribution is -2.59. The summed E-state index contributed by atoms with van der Waals surface area (Å²) in [6, 6.07) is 0. The van der Waals surface area contributed by atoms with Crippen LogP contribution < -0.4 is 43.0 Å². The van der Waals surface area contributed by atoms with Crippen molar-refractivity contribution >= 4 is 41.9 Å². The van der Waals surface area contributed by atoms with E-state index in [0.717, 1.165) is 77.0 Å². The molecule has 0 aromatic rings. The van der Waals surface area contributed by atoms with Gasteiger partial charge in [-0.25, -0.2) is 14.4 Å². The summed E-state index contributed by atoms with van der Waals surface area (Å²) in [5.74, 6) is 22.6. The minimum absolute atomic E-state index is 0.0235. The van der Waals surface area contributed by atoms with Gasteiger partial charge in [0, 0.05) is 110 Å². The lowest BCUT2D eigenvalue weighted by Gasteiger charge is -2.34. The number of nitrogens with two attached hydrogens (primary N) is 1. The molecule has 0 bridgehead atoms. The highest BCUT2D eigenvalue weighted by Crippen LogP contribution is 2.54. The molecule has 6 rings (SSSR count). The third-order valence-electron chi connectivity index (χ3n) is 21.2. The van der Waals surface area contributed by atoms with Crippen molar-refractivity contribution in [3.05, 3.63) is 0 Å². The molecule has 0 aromatic heterocycles. The van der Waals surface area contributed by atoms with Crippen molar-refractivity contribution in [3.8, 4) is 35.5 Å². The van der Waals surface area contributed by atoms with Gasteiger partial charge in [0.2, 0.25) is 23.6 Å². The molecule has 0 radical (unpaired) electrons. The Labute approximate surface area is 733 Å². The summed E-state index contributed by atoms with van der Waals surface area (Å²) in [5.41, 5.74) is 3.98. The van der Waals surface area contributed by atoms with Gasteiger partial charge < -0.3 is 147 Å². The highest BCUT2D eigenvalue weighted by atomic mass is 16.6. The molecule has 6 aliphatic carbocycles. The summed E-state index contributed by atoms with van der Waals surface area (Å²) in [6.45, 7) is 13.3. The van der Waals surface area contributed by atoms with Crippen molar-refractivity contribution in [3.63, 3.8) is 0 Å². The summed E-state index contributed by atoms with van der Waals surface area (Å²) >= 11 is 0. The van der Waals surface area contributed by atoms with Gasteiger partial charge in [-0.3, -0.25) is 19.2 Å². The van der Waals surface area contributed by atoms with E-state index in [2.05, 4.69) is 72.7 Å². The number of hydrogen-bond donors (Lipinski definition) is 8. The molecule has 37 heteroatoms. The largest absolute Gasteiger partial charge is 0.449 e. The third-order valence-corrected chi connectivity index (χ3v) is 21.2. The molecule has 124 heavy (non-hydrogen) atoms. The number of amides is 7. The van der Waals surface area contributed by atoms with Gasteiger partial charge in [0.1, 0.15) is 5.54 Å². The van der Waals surface area contributed by atoms with E-state index in [4.69, 9.17) is 110 Å². The topological polar surface area (TPSA) is 433 Å². The maximum absolute atomic E-state index is 13.9. The molecule has 0 spiro atoms. The van der Waals surface area contributed by atoms with Gasteiger partial charge in [-0.05, 0) is 91.8 Å². The maximum atomic E-state index is 13.9. The molecule has 6 atom stereocenters.